The third-order valence-electron chi connectivity index (χ3n) is 5.49. The Kier molecular flexibility index (Phi) is 5.85. The maximum absolute atomic E-state index is 12.6. The Bertz CT molecular complexity index is 1340. The van der Waals surface area contributed by atoms with Crippen LogP contribution in [0.3, 0.4) is 0 Å². The van der Waals surface area contributed by atoms with Crippen molar-refractivity contribution >= 4 is 32.9 Å². The van der Waals surface area contributed by atoms with Crippen LogP contribution in [0.25, 0.3) is 11.0 Å². The van der Waals surface area contributed by atoms with Gasteiger partial charge in [0.05, 0.1) is 15.9 Å². The SMILES string of the molecule is Cn1c(=O)n(CC(=O)NNC(=O)c2ccc(S(=O)(=O)N3CCCC3)cc2)c2ccccc21. The number of sulfonamides is 1. The number of fused-ring (bicyclic) bond motifs is 1. The Morgan fingerprint density at radius 1 is 0.938 bits per heavy atom. The monoisotopic (exact) mass is 457 g/mol. The quantitative estimate of drug-likeness (QED) is 0.543. The molecule has 11 heteroatoms. The summed E-state index contributed by atoms with van der Waals surface area (Å²) in [5.74, 6) is -1.18. The summed E-state index contributed by atoms with van der Waals surface area (Å²) in [7, 11) is -1.94. The Morgan fingerprint density at radius 3 is 2.22 bits per heavy atom. The topological polar surface area (TPSA) is 123 Å². The van der Waals surface area contributed by atoms with Crippen LogP contribution in [0.15, 0.2) is 58.2 Å². The molecule has 10 nitrogen and oxygen atoms in total. The van der Waals surface area contributed by atoms with E-state index in [2.05, 4.69) is 10.9 Å². The van der Waals surface area contributed by atoms with Gasteiger partial charge in [-0.05, 0) is 49.2 Å². The van der Waals surface area contributed by atoms with Crippen molar-refractivity contribution in [1.82, 2.24) is 24.3 Å². The molecule has 168 valence electrons. The number of aromatic nitrogens is 2. The molecule has 1 aliphatic rings. The molecule has 2 N–H and O–H groups in total. The van der Waals surface area contributed by atoms with Crippen LogP contribution in [0.1, 0.15) is 23.2 Å². The van der Waals surface area contributed by atoms with Gasteiger partial charge in [0.25, 0.3) is 11.8 Å². The van der Waals surface area contributed by atoms with Gasteiger partial charge in [0, 0.05) is 25.7 Å². The first-order valence-electron chi connectivity index (χ1n) is 10.1. The zero-order valence-electron chi connectivity index (χ0n) is 17.4. The largest absolute Gasteiger partial charge is 0.329 e. The lowest BCUT2D eigenvalue weighted by Gasteiger charge is -2.15. The number of nitrogens with one attached hydrogen (secondary N) is 2. The number of hydrogen-bond acceptors (Lipinski definition) is 5. The number of carbonyl (C=O) groups is 2. The number of hydrogen-bond donors (Lipinski definition) is 2. The van der Waals surface area contributed by atoms with Crippen LogP contribution in [-0.2, 0) is 28.4 Å². The third-order valence-corrected chi connectivity index (χ3v) is 7.40. The molecule has 2 heterocycles. The van der Waals surface area contributed by atoms with Gasteiger partial charge in [-0.25, -0.2) is 13.2 Å². The Morgan fingerprint density at radius 2 is 1.56 bits per heavy atom. The molecule has 4 rings (SSSR count). The van der Waals surface area contributed by atoms with Gasteiger partial charge in [-0.2, -0.15) is 4.31 Å². The molecule has 1 aromatic heterocycles. The lowest BCUT2D eigenvalue weighted by molar-refractivity contribution is -0.122. The lowest BCUT2D eigenvalue weighted by atomic mass is 10.2. The fourth-order valence-corrected chi connectivity index (χ4v) is 5.27. The molecule has 1 saturated heterocycles. The summed E-state index contributed by atoms with van der Waals surface area (Å²) in [5.41, 5.74) is 5.72. The van der Waals surface area contributed by atoms with E-state index < -0.39 is 21.8 Å². The van der Waals surface area contributed by atoms with Crippen LogP contribution in [-0.4, -0.2) is 46.8 Å². The zero-order valence-corrected chi connectivity index (χ0v) is 18.3. The Balaban J connectivity index is 1.39. The molecule has 0 spiro atoms. The predicted octanol–water partition coefficient (Wildman–Crippen LogP) is 0.586. The molecule has 0 saturated carbocycles. The third kappa shape index (κ3) is 4.04. The minimum absolute atomic E-state index is 0.121. The fourth-order valence-electron chi connectivity index (χ4n) is 3.75. The van der Waals surface area contributed by atoms with Crippen molar-refractivity contribution in [3.8, 4) is 0 Å². The molecule has 0 bridgehead atoms. The van der Waals surface area contributed by atoms with E-state index in [-0.39, 0.29) is 22.7 Å². The van der Waals surface area contributed by atoms with E-state index in [1.54, 1.807) is 31.3 Å². The van der Waals surface area contributed by atoms with Crippen LogP contribution < -0.4 is 16.5 Å². The Labute approximate surface area is 184 Å². The van der Waals surface area contributed by atoms with E-state index in [0.29, 0.717) is 24.1 Å². The first-order chi connectivity index (χ1) is 15.3. The molecule has 32 heavy (non-hydrogen) atoms. The van der Waals surface area contributed by atoms with E-state index in [9.17, 15) is 22.8 Å². The van der Waals surface area contributed by atoms with Crippen molar-refractivity contribution in [2.24, 2.45) is 7.05 Å². The number of imidazole rings is 1. The van der Waals surface area contributed by atoms with E-state index >= 15 is 0 Å². The smallest absolute Gasteiger partial charge is 0.295 e. The lowest BCUT2D eigenvalue weighted by Crippen LogP contribution is -2.44. The molecule has 1 aliphatic heterocycles. The molecule has 0 atom stereocenters. The van der Waals surface area contributed by atoms with Crippen molar-refractivity contribution in [2.75, 3.05) is 13.1 Å². The number of carbonyl (C=O) groups excluding carboxylic acids is 2. The normalized spacial score (nSPS) is 14.5. The van der Waals surface area contributed by atoms with Crippen molar-refractivity contribution in [1.29, 1.82) is 0 Å². The molecule has 1 fully saturated rings. The number of benzene rings is 2. The van der Waals surface area contributed by atoms with E-state index in [1.165, 1.54) is 37.7 Å². The standard InChI is InChI=1S/C21H23N5O5S/c1-24-17-6-2-3-7-18(17)26(21(24)29)14-19(27)22-23-20(28)15-8-10-16(11-9-15)32(30,31)25-12-4-5-13-25/h2-3,6-11H,4-5,12-14H2,1H3,(H,22,27)(H,23,28). The number of rotatable bonds is 5. The summed E-state index contributed by atoms with van der Waals surface area (Å²) in [6.07, 6.45) is 1.68. The number of nitrogens with zero attached hydrogens (tertiary/aromatic N) is 3. The maximum atomic E-state index is 12.6. The number of amides is 2. The summed E-state index contributed by atoms with van der Waals surface area (Å²) in [4.78, 5) is 37.2. The number of hydrazine groups is 1. The summed E-state index contributed by atoms with van der Waals surface area (Å²) in [6, 6.07) is 12.6. The molecular weight excluding hydrogens is 434 g/mol. The average Bonchev–Trinajstić information content (AvgIpc) is 3.43. The van der Waals surface area contributed by atoms with Crippen molar-refractivity contribution in [2.45, 2.75) is 24.3 Å². The molecule has 2 amide bonds. The van der Waals surface area contributed by atoms with E-state index in [4.69, 9.17) is 0 Å². The maximum Gasteiger partial charge on any atom is 0.329 e. The minimum Gasteiger partial charge on any atom is -0.295 e. The zero-order chi connectivity index (χ0) is 22.9. The highest BCUT2D eigenvalue weighted by Crippen LogP contribution is 2.21. The second-order valence-corrected chi connectivity index (χ2v) is 9.49. The summed E-state index contributed by atoms with van der Waals surface area (Å²) < 4.78 is 29.3. The van der Waals surface area contributed by atoms with Crippen molar-refractivity contribution in [3.05, 3.63) is 64.6 Å². The van der Waals surface area contributed by atoms with Crippen LogP contribution in [0.4, 0.5) is 0 Å². The van der Waals surface area contributed by atoms with Gasteiger partial charge in [-0.3, -0.25) is 29.6 Å². The summed E-state index contributed by atoms with van der Waals surface area (Å²) in [6.45, 7) is 0.722. The van der Waals surface area contributed by atoms with Gasteiger partial charge in [0.1, 0.15) is 6.54 Å². The molecule has 0 radical (unpaired) electrons. The average molecular weight is 458 g/mol. The highest BCUT2D eigenvalue weighted by Gasteiger charge is 2.27. The fraction of sp³-hybridized carbons (Fsp3) is 0.286. The summed E-state index contributed by atoms with van der Waals surface area (Å²) in [5, 5.41) is 0. The first-order valence-corrected chi connectivity index (χ1v) is 11.6. The predicted molar refractivity (Wildman–Crippen MR) is 117 cm³/mol. The van der Waals surface area contributed by atoms with Gasteiger partial charge in [0.2, 0.25) is 10.0 Å². The van der Waals surface area contributed by atoms with Crippen LogP contribution >= 0.6 is 0 Å². The summed E-state index contributed by atoms with van der Waals surface area (Å²) >= 11 is 0. The second kappa shape index (κ2) is 8.60. The highest BCUT2D eigenvalue weighted by molar-refractivity contribution is 7.89. The number of aryl methyl sites for hydroxylation is 1. The molecule has 0 unspecified atom stereocenters. The molecular formula is C21H23N5O5S. The van der Waals surface area contributed by atoms with Crippen LogP contribution in [0, 0.1) is 0 Å². The van der Waals surface area contributed by atoms with E-state index in [0.717, 1.165) is 12.8 Å². The van der Waals surface area contributed by atoms with Gasteiger partial charge in [-0.15, -0.1) is 0 Å². The van der Waals surface area contributed by atoms with Gasteiger partial charge < -0.3 is 0 Å². The second-order valence-electron chi connectivity index (χ2n) is 7.55. The molecule has 0 aliphatic carbocycles. The molecule has 2 aromatic carbocycles. The van der Waals surface area contributed by atoms with Gasteiger partial charge in [-0.1, -0.05) is 12.1 Å². The highest BCUT2D eigenvalue weighted by atomic mass is 32.2. The Hall–Kier alpha value is -3.44. The van der Waals surface area contributed by atoms with Gasteiger partial charge in [0.15, 0.2) is 0 Å². The molecule has 3 aromatic rings. The number of para-hydroxylation sites is 2. The van der Waals surface area contributed by atoms with E-state index in [1.807, 2.05) is 0 Å². The van der Waals surface area contributed by atoms with Crippen molar-refractivity contribution < 1.29 is 18.0 Å². The van der Waals surface area contributed by atoms with Gasteiger partial charge >= 0.3 is 5.69 Å². The van der Waals surface area contributed by atoms with Crippen molar-refractivity contribution in [3.63, 3.8) is 0 Å². The minimum atomic E-state index is -3.56. The first kappa shape index (κ1) is 21.8. The van der Waals surface area contributed by atoms with Crippen LogP contribution in [0.5, 0.6) is 0 Å². The van der Waals surface area contributed by atoms with Crippen LogP contribution in [0.2, 0.25) is 0 Å².